The second-order valence-electron chi connectivity index (χ2n) is 7.57. The first-order valence-corrected chi connectivity index (χ1v) is 12.0. The van der Waals surface area contributed by atoms with Crippen LogP contribution in [-0.2, 0) is 6.42 Å². The molecule has 0 fully saturated rings. The van der Waals surface area contributed by atoms with Crippen molar-refractivity contribution >= 4 is 11.8 Å². The molecule has 168 valence electrons. The van der Waals surface area contributed by atoms with Crippen LogP contribution < -0.4 is 14.2 Å². The molecule has 1 aliphatic rings. The van der Waals surface area contributed by atoms with E-state index in [0.717, 1.165) is 40.3 Å². The van der Waals surface area contributed by atoms with Gasteiger partial charge in [0.2, 0.25) is 0 Å². The smallest absolute Gasteiger partial charge is 0.196 e. The minimum absolute atomic E-state index is 0.352. The Hall–Kier alpha value is -3.45. The number of rotatable bonds is 8. The minimum atomic E-state index is -0.352. The van der Waals surface area contributed by atoms with Crippen LogP contribution >= 0.6 is 11.8 Å². The molecule has 0 saturated heterocycles. The first-order valence-electron chi connectivity index (χ1n) is 11.1. The van der Waals surface area contributed by atoms with Gasteiger partial charge >= 0.3 is 0 Å². The maximum Gasteiger partial charge on any atom is 0.196 e. The monoisotopic (exact) mass is 459 g/mol. The van der Waals surface area contributed by atoms with Crippen molar-refractivity contribution in [3.8, 4) is 22.9 Å². The molecule has 0 N–H and O–H groups in total. The Bertz CT molecular complexity index is 1210. The highest BCUT2D eigenvalue weighted by Gasteiger charge is 2.29. The standard InChI is InChI=1S/C26H25N3O3S/c1-2-19-9-8-12-21(17-19)30-15-16-33-26-28-27-25(29(26)20-10-4-3-5-11-20)24-18-31-22-13-6-7-14-23(22)32-24/h3-14,17,24H,2,15-16,18H2,1H3/t24-/m0/s1. The van der Waals surface area contributed by atoms with Gasteiger partial charge in [0, 0.05) is 11.4 Å². The minimum Gasteiger partial charge on any atom is -0.493 e. The highest BCUT2D eigenvalue weighted by atomic mass is 32.2. The fourth-order valence-electron chi connectivity index (χ4n) is 3.70. The summed E-state index contributed by atoms with van der Waals surface area (Å²) in [6.07, 6.45) is 0.641. The van der Waals surface area contributed by atoms with Crippen LogP contribution in [0, 0.1) is 0 Å². The van der Waals surface area contributed by atoms with Crippen LogP contribution in [0.25, 0.3) is 5.69 Å². The zero-order chi connectivity index (χ0) is 22.5. The summed E-state index contributed by atoms with van der Waals surface area (Å²) in [7, 11) is 0. The van der Waals surface area contributed by atoms with Crippen molar-refractivity contribution in [1.29, 1.82) is 0 Å². The Balaban J connectivity index is 1.33. The van der Waals surface area contributed by atoms with E-state index < -0.39 is 0 Å². The Morgan fingerprint density at radius 3 is 2.64 bits per heavy atom. The number of hydrogen-bond donors (Lipinski definition) is 0. The van der Waals surface area contributed by atoms with Crippen LogP contribution in [0.15, 0.2) is 84.0 Å². The van der Waals surface area contributed by atoms with E-state index >= 15 is 0 Å². The summed E-state index contributed by atoms with van der Waals surface area (Å²) in [4.78, 5) is 0. The van der Waals surface area contributed by atoms with E-state index in [1.165, 1.54) is 5.56 Å². The molecule has 33 heavy (non-hydrogen) atoms. The molecule has 4 aromatic rings. The van der Waals surface area contributed by atoms with Crippen LogP contribution in [0.5, 0.6) is 17.2 Å². The number of ether oxygens (including phenoxy) is 3. The normalized spacial score (nSPS) is 14.8. The van der Waals surface area contributed by atoms with Gasteiger partial charge in [-0.2, -0.15) is 0 Å². The second-order valence-corrected chi connectivity index (χ2v) is 8.64. The molecule has 0 saturated carbocycles. The van der Waals surface area contributed by atoms with E-state index in [1.807, 2.05) is 71.3 Å². The van der Waals surface area contributed by atoms with Crippen LogP contribution in [0.3, 0.4) is 0 Å². The van der Waals surface area contributed by atoms with Crippen LogP contribution in [0.2, 0.25) is 0 Å². The van der Waals surface area contributed by atoms with Crippen LogP contribution in [-0.4, -0.2) is 33.7 Å². The van der Waals surface area contributed by atoms with Crippen molar-refractivity contribution in [2.45, 2.75) is 24.6 Å². The topological polar surface area (TPSA) is 58.4 Å². The molecular formula is C26H25N3O3S. The molecule has 2 heterocycles. The summed E-state index contributed by atoms with van der Waals surface area (Å²) >= 11 is 1.61. The summed E-state index contributed by atoms with van der Waals surface area (Å²) in [6, 6.07) is 26.0. The number of benzene rings is 3. The SMILES string of the molecule is CCc1cccc(OCCSc2nnc([C@@H]3COc4ccccc4O3)n2-c2ccccc2)c1. The predicted molar refractivity (Wildman–Crippen MR) is 129 cm³/mol. The lowest BCUT2D eigenvalue weighted by molar-refractivity contribution is 0.0835. The summed E-state index contributed by atoms with van der Waals surface area (Å²) in [5.74, 6) is 3.82. The fourth-order valence-corrected chi connectivity index (χ4v) is 4.47. The molecule has 1 aromatic heterocycles. The second kappa shape index (κ2) is 10.0. The number of thioether (sulfide) groups is 1. The van der Waals surface area contributed by atoms with Gasteiger partial charge in [0.1, 0.15) is 12.4 Å². The number of aromatic nitrogens is 3. The number of nitrogens with zero attached hydrogens (tertiary/aromatic N) is 3. The van der Waals surface area contributed by atoms with Crippen LogP contribution in [0.1, 0.15) is 24.4 Å². The first-order chi connectivity index (χ1) is 16.3. The molecular weight excluding hydrogens is 434 g/mol. The zero-order valence-electron chi connectivity index (χ0n) is 18.4. The molecule has 0 amide bonds. The molecule has 1 atom stereocenters. The largest absolute Gasteiger partial charge is 0.493 e. The van der Waals surface area contributed by atoms with Gasteiger partial charge in [-0.15, -0.1) is 10.2 Å². The molecule has 5 rings (SSSR count). The molecule has 0 bridgehead atoms. The average molecular weight is 460 g/mol. The van der Waals surface area contributed by atoms with Crippen molar-refractivity contribution in [1.82, 2.24) is 14.8 Å². The lowest BCUT2D eigenvalue weighted by Crippen LogP contribution is -2.24. The third-order valence-corrected chi connectivity index (χ3v) is 6.25. The Morgan fingerprint density at radius 2 is 1.79 bits per heavy atom. The summed E-state index contributed by atoms with van der Waals surface area (Å²) < 4.78 is 20.1. The van der Waals surface area contributed by atoms with Gasteiger partial charge in [-0.05, 0) is 48.4 Å². The van der Waals surface area contributed by atoms with Gasteiger partial charge in [-0.25, -0.2) is 0 Å². The van der Waals surface area contributed by atoms with E-state index in [0.29, 0.717) is 19.0 Å². The lowest BCUT2D eigenvalue weighted by atomic mass is 10.2. The van der Waals surface area contributed by atoms with E-state index in [2.05, 4.69) is 29.3 Å². The van der Waals surface area contributed by atoms with Gasteiger partial charge in [0.15, 0.2) is 28.6 Å². The van der Waals surface area contributed by atoms with E-state index in [4.69, 9.17) is 14.2 Å². The third kappa shape index (κ3) is 4.83. The Labute approximate surface area is 197 Å². The molecule has 0 aliphatic carbocycles. The van der Waals surface area contributed by atoms with Crippen molar-refractivity contribution in [3.05, 3.63) is 90.3 Å². The molecule has 0 radical (unpaired) electrons. The quantitative estimate of drug-likeness (QED) is 0.256. The molecule has 3 aromatic carbocycles. The average Bonchev–Trinajstić information content (AvgIpc) is 3.31. The van der Waals surface area contributed by atoms with E-state index in [1.54, 1.807) is 11.8 Å². The molecule has 0 spiro atoms. The summed E-state index contributed by atoms with van der Waals surface area (Å²) in [6.45, 7) is 3.09. The van der Waals surface area contributed by atoms with Crippen molar-refractivity contribution in [2.24, 2.45) is 0 Å². The van der Waals surface area contributed by atoms with Gasteiger partial charge in [0.05, 0.1) is 6.61 Å². The molecule has 6 nitrogen and oxygen atoms in total. The maximum absolute atomic E-state index is 6.22. The van der Waals surface area contributed by atoms with Crippen molar-refractivity contribution < 1.29 is 14.2 Å². The fraction of sp³-hybridized carbons (Fsp3) is 0.231. The Kier molecular flexibility index (Phi) is 6.48. The first kappa shape index (κ1) is 21.4. The number of para-hydroxylation sites is 3. The zero-order valence-corrected chi connectivity index (χ0v) is 19.2. The van der Waals surface area contributed by atoms with E-state index in [9.17, 15) is 0 Å². The van der Waals surface area contributed by atoms with Crippen LogP contribution in [0.4, 0.5) is 0 Å². The van der Waals surface area contributed by atoms with Gasteiger partial charge in [-0.3, -0.25) is 4.57 Å². The highest BCUT2D eigenvalue weighted by Crippen LogP contribution is 2.36. The highest BCUT2D eigenvalue weighted by molar-refractivity contribution is 7.99. The molecule has 7 heteroatoms. The lowest BCUT2D eigenvalue weighted by Gasteiger charge is -2.26. The maximum atomic E-state index is 6.22. The number of aryl methyl sites for hydroxylation is 1. The predicted octanol–water partition coefficient (Wildman–Crippen LogP) is 5.51. The Morgan fingerprint density at radius 1 is 0.970 bits per heavy atom. The summed E-state index contributed by atoms with van der Waals surface area (Å²) in [5, 5.41) is 9.77. The van der Waals surface area contributed by atoms with Crippen molar-refractivity contribution in [3.63, 3.8) is 0 Å². The number of hydrogen-bond acceptors (Lipinski definition) is 6. The molecule has 0 unspecified atom stereocenters. The van der Waals surface area contributed by atoms with Gasteiger partial charge in [-0.1, -0.05) is 61.2 Å². The molecule has 1 aliphatic heterocycles. The van der Waals surface area contributed by atoms with Crippen molar-refractivity contribution in [2.75, 3.05) is 19.0 Å². The van der Waals surface area contributed by atoms with E-state index in [-0.39, 0.29) is 6.10 Å². The number of fused-ring (bicyclic) bond motifs is 1. The third-order valence-electron chi connectivity index (χ3n) is 5.36. The van der Waals surface area contributed by atoms with Gasteiger partial charge < -0.3 is 14.2 Å². The summed E-state index contributed by atoms with van der Waals surface area (Å²) in [5.41, 5.74) is 2.25. The van der Waals surface area contributed by atoms with Gasteiger partial charge in [0.25, 0.3) is 0 Å².